The van der Waals surface area contributed by atoms with Crippen LogP contribution in [0.25, 0.3) is 0 Å². The Kier molecular flexibility index (Phi) is 10.8. The van der Waals surface area contributed by atoms with Crippen LogP contribution >= 0.6 is 0 Å². The molecule has 57 heavy (non-hydrogen) atoms. The fraction of sp³-hybridized carbons (Fsp3) is 0.574. The molecule has 2 amide bonds. The second-order valence-corrected chi connectivity index (χ2v) is 18.1. The third-order valence-electron chi connectivity index (χ3n) is 15.6. The van der Waals surface area contributed by atoms with Crippen molar-refractivity contribution in [1.29, 1.82) is 0 Å². The molecule has 6 unspecified atom stereocenters. The molecule has 0 spiro atoms. The van der Waals surface area contributed by atoms with Crippen LogP contribution in [0, 0.1) is 34.5 Å². The van der Waals surface area contributed by atoms with Gasteiger partial charge in [-0.05, 0) is 165 Å². The number of nitrogens with two attached hydrogens (primary N) is 2. The van der Waals surface area contributed by atoms with Crippen molar-refractivity contribution >= 4 is 12.2 Å². The molecule has 3 aromatic rings. The van der Waals surface area contributed by atoms with Crippen molar-refractivity contribution in [2.45, 2.75) is 122 Å². The molecule has 10 nitrogen and oxygen atoms in total. The zero-order valence-electron chi connectivity index (χ0n) is 34.0. The minimum atomic E-state index is -0.650. The number of hydrogen-bond donors (Lipinski definition) is 3. The molecule has 306 valence electrons. The summed E-state index contributed by atoms with van der Waals surface area (Å²) in [6, 6.07) is 18.6. The van der Waals surface area contributed by atoms with E-state index in [0.29, 0.717) is 47.9 Å². The Labute approximate surface area is 336 Å². The molecule has 6 aliphatic carbocycles. The van der Waals surface area contributed by atoms with Crippen molar-refractivity contribution in [2.75, 3.05) is 14.2 Å². The molecule has 10 atom stereocenters. The Bertz CT molecular complexity index is 1970. The normalized spacial score (nSPS) is 33.0. The number of rotatable bonds is 7. The van der Waals surface area contributed by atoms with E-state index in [9.17, 15) is 14.7 Å². The number of ether oxygens (including phenoxy) is 5. The summed E-state index contributed by atoms with van der Waals surface area (Å²) < 4.78 is 28.3. The van der Waals surface area contributed by atoms with Crippen LogP contribution in [0.5, 0.6) is 23.0 Å². The summed E-state index contributed by atoms with van der Waals surface area (Å²) in [4.78, 5) is 22.7. The number of fused-ring (bicyclic) bond motifs is 10. The Morgan fingerprint density at radius 3 is 1.68 bits per heavy atom. The van der Waals surface area contributed by atoms with E-state index in [0.717, 1.165) is 87.7 Å². The van der Waals surface area contributed by atoms with Gasteiger partial charge in [0, 0.05) is 10.8 Å². The molecule has 0 aliphatic heterocycles. The first-order valence-corrected chi connectivity index (χ1v) is 21.1. The van der Waals surface area contributed by atoms with Crippen molar-refractivity contribution in [1.82, 2.24) is 0 Å². The van der Waals surface area contributed by atoms with E-state index in [-0.39, 0.29) is 28.8 Å². The Balaban J connectivity index is 0.000000165. The lowest BCUT2D eigenvalue weighted by Crippen LogP contribution is -2.45. The van der Waals surface area contributed by atoms with Crippen LogP contribution in [0.4, 0.5) is 9.59 Å². The van der Waals surface area contributed by atoms with Crippen molar-refractivity contribution in [3.63, 3.8) is 0 Å². The van der Waals surface area contributed by atoms with Crippen LogP contribution in [0.15, 0.2) is 54.6 Å². The number of aryl methyl sites for hydroxylation is 2. The van der Waals surface area contributed by atoms with Gasteiger partial charge in [0.05, 0.1) is 14.2 Å². The number of benzene rings is 3. The van der Waals surface area contributed by atoms with Crippen molar-refractivity contribution in [3.8, 4) is 23.0 Å². The number of hydrogen-bond acceptors (Lipinski definition) is 8. The molecule has 10 heteroatoms. The Morgan fingerprint density at radius 1 is 0.667 bits per heavy atom. The van der Waals surface area contributed by atoms with E-state index in [1.165, 1.54) is 28.7 Å². The molecule has 6 aliphatic rings. The molecule has 0 radical (unpaired) electrons. The predicted octanol–water partition coefficient (Wildman–Crippen LogP) is 9.32. The van der Waals surface area contributed by atoms with E-state index < -0.39 is 12.2 Å². The number of aromatic hydroxyl groups is 1. The van der Waals surface area contributed by atoms with E-state index >= 15 is 0 Å². The molecule has 3 aromatic carbocycles. The monoisotopic (exact) mass is 780 g/mol. The van der Waals surface area contributed by atoms with Crippen LogP contribution in [0.3, 0.4) is 0 Å². The molecule has 9 rings (SSSR count). The zero-order valence-corrected chi connectivity index (χ0v) is 34.0. The van der Waals surface area contributed by atoms with E-state index in [1.807, 2.05) is 30.3 Å². The topological polar surface area (TPSA) is 153 Å². The smallest absolute Gasteiger partial charge is 0.404 e. The molecule has 0 bridgehead atoms. The lowest BCUT2D eigenvalue weighted by molar-refractivity contribution is -0.0292. The minimum absolute atomic E-state index is 0.0364. The molecule has 4 saturated carbocycles. The first-order chi connectivity index (χ1) is 27.4. The second-order valence-electron chi connectivity index (χ2n) is 18.1. The SMILES string of the molecule is COc1cc2c(cc1O)CCC1C2CC[C@@]2(C)C1CC[C@@H]2OC(N)=O.COc1cc2c(cc1OCc1ccccc1)CCC1C2CC[C@@]2(C)C1CC[C@@H]2OC(N)=O. The standard InChI is InChI=1S/C27H33NO4.C20H27NO4/c1-27-13-12-19-20(22(27)10-11-25(27)32-26(28)29)9-8-18-14-24(23(30-2)15-21(18)19)31-16-17-6-4-3-5-7-17;1-20-8-7-12-13(15(20)5-6-18(20)25-19(21)23)4-3-11-9-16(22)17(24-2)10-14(11)12/h3-7,14-15,19-20,22,25H,8-13,16H2,1-2H3,(H2,28,29);9-10,12-13,15,18,22H,3-8H2,1-2H3,(H2,21,23)/t19?,20?,22?,25-,27-;12?,13?,15?,18-,20-/m00/s1. The van der Waals surface area contributed by atoms with Crippen molar-refractivity contribution < 1.29 is 38.4 Å². The fourth-order valence-electron chi connectivity index (χ4n) is 12.9. The number of phenolic OH excluding ortho intramolecular Hbond substituents is 1. The van der Waals surface area contributed by atoms with Crippen LogP contribution in [-0.4, -0.2) is 43.7 Å². The highest BCUT2D eigenvalue weighted by atomic mass is 16.6. The summed E-state index contributed by atoms with van der Waals surface area (Å²) in [7, 11) is 3.32. The summed E-state index contributed by atoms with van der Waals surface area (Å²) in [6.07, 6.45) is 11.3. The summed E-state index contributed by atoms with van der Waals surface area (Å²) >= 11 is 0. The third-order valence-corrected chi connectivity index (χ3v) is 15.6. The molecule has 0 saturated heterocycles. The quantitative estimate of drug-likeness (QED) is 0.215. The maximum Gasteiger partial charge on any atom is 0.404 e. The van der Waals surface area contributed by atoms with Gasteiger partial charge < -0.3 is 40.3 Å². The highest BCUT2D eigenvalue weighted by molar-refractivity contribution is 5.65. The summed E-state index contributed by atoms with van der Waals surface area (Å²) in [5.74, 6) is 5.81. The molecule has 4 fully saturated rings. The highest BCUT2D eigenvalue weighted by Gasteiger charge is 2.57. The van der Waals surface area contributed by atoms with E-state index in [4.69, 9.17) is 35.2 Å². The number of methoxy groups -OCH3 is 2. The Morgan fingerprint density at radius 2 is 1.18 bits per heavy atom. The largest absolute Gasteiger partial charge is 0.504 e. The van der Waals surface area contributed by atoms with Gasteiger partial charge >= 0.3 is 12.2 Å². The van der Waals surface area contributed by atoms with Gasteiger partial charge in [-0.3, -0.25) is 0 Å². The zero-order chi connectivity index (χ0) is 40.1. The van der Waals surface area contributed by atoms with Crippen LogP contribution in [-0.2, 0) is 28.9 Å². The Hall–Kier alpha value is -4.60. The molecule has 0 aromatic heterocycles. The van der Waals surface area contributed by atoms with Gasteiger partial charge in [0.2, 0.25) is 0 Å². The van der Waals surface area contributed by atoms with Gasteiger partial charge in [-0.1, -0.05) is 44.2 Å². The van der Waals surface area contributed by atoms with Crippen LogP contribution < -0.4 is 25.7 Å². The predicted molar refractivity (Wildman–Crippen MR) is 217 cm³/mol. The maximum atomic E-state index is 11.4. The van der Waals surface area contributed by atoms with Crippen LogP contribution in [0.1, 0.15) is 118 Å². The molecule has 0 heterocycles. The van der Waals surface area contributed by atoms with Gasteiger partial charge in [-0.25, -0.2) is 9.59 Å². The second kappa shape index (κ2) is 15.6. The van der Waals surface area contributed by atoms with Crippen molar-refractivity contribution in [2.24, 2.45) is 46.0 Å². The minimum Gasteiger partial charge on any atom is -0.504 e. The van der Waals surface area contributed by atoms with E-state index in [2.05, 4.69) is 38.1 Å². The highest BCUT2D eigenvalue weighted by Crippen LogP contribution is 2.63. The molecular weight excluding hydrogens is 721 g/mol. The van der Waals surface area contributed by atoms with Gasteiger partial charge in [0.1, 0.15) is 18.8 Å². The number of amides is 2. The average molecular weight is 781 g/mol. The lowest BCUT2D eigenvalue weighted by atomic mass is 9.55. The summed E-state index contributed by atoms with van der Waals surface area (Å²) in [5, 5.41) is 10.1. The average Bonchev–Trinajstić information content (AvgIpc) is 3.71. The number of phenols is 1. The third kappa shape index (κ3) is 7.16. The summed E-state index contributed by atoms with van der Waals surface area (Å²) in [6.45, 7) is 5.12. The van der Waals surface area contributed by atoms with Gasteiger partial charge in [0.15, 0.2) is 23.0 Å². The maximum absolute atomic E-state index is 11.4. The van der Waals surface area contributed by atoms with Gasteiger partial charge in [0.25, 0.3) is 0 Å². The van der Waals surface area contributed by atoms with Crippen molar-refractivity contribution in [3.05, 3.63) is 82.4 Å². The fourth-order valence-corrected chi connectivity index (χ4v) is 12.9. The van der Waals surface area contributed by atoms with Crippen LogP contribution in [0.2, 0.25) is 0 Å². The molecular formula is C47H60N2O8. The number of carbonyl (C=O) groups is 2. The first kappa shape index (κ1) is 39.2. The van der Waals surface area contributed by atoms with Gasteiger partial charge in [-0.15, -0.1) is 0 Å². The number of primary amides is 2. The van der Waals surface area contributed by atoms with E-state index in [1.54, 1.807) is 14.2 Å². The number of carbonyl (C=O) groups excluding carboxylic acids is 2. The lowest BCUT2D eigenvalue weighted by Gasteiger charge is -2.50. The van der Waals surface area contributed by atoms with Gasteiger partial charge in [-0.2, -0.15) is 0 Å². The molecule has 5 N–H and O–H groups in total. The first-order valence-electron chi connectivity index (χ1n) is 21.1. The summed E-state index contributed by atoms with van der Waals surface area (Å²) in [5.41, 5.74) is 17.3.